The topological polar surface area (TPSA) is 62.7 Å². The van der Waals surface area contributed by atoms with E-state index < -0.39 is 17.5 Å². The van der Waals surface area contributed by atoms with Crippen LogP contribution in [-0.2, 0) is 0 Å². The van der Waals surface area contributed by atoms with Gasteiger partial charge in [0.05, 0.1) is 27.6 Å². The van der Waals surface area contributed by atoms with Gasteiger partial charge in [-0.15, -0.1) is 5.10 Å². The number of benzene rings is 2. The molecule has 10 heteroatoms. The number of hydrogen-bond donors (Lipinski definition) is 2. The predicted octanol–water partition coefficient (Wildman–Crippen LogP) is 5.08. The first-order valence-corrected chi connectivity index (χ1v) is 7.52. The number of halogens is 5. The molecule has 5 nitrogen and oxygen atoms in total. The van der Waals surface area contributed by atoms with Crippen molar-refractivity contribution >= 4 is 46.3 Å². The van der Waals surface area contributed by atoms with Crippen LogP contribution in [-0.4, -0.2) is 15.2 Å². The van der Waals surface area contributed by atoms with Crippen LogP contribution < -0.4 is 10.6 Å². The predicted molar refractivity (Wildman–Crippen MR) is 89.2 cm³/mol. The first-order chi connectivity index (χ1) is 12.0. The van der Waals surface area contributed by atoms with Gasteiger partial charge in [-0.05, 0) is 24.3 Å². The highest BCUT2D eigenvalue weighted by Gasteiger charge is 2.14. The SMILES string of the molecule is Fc1ccc(Nc2cnnc(Nc3cccc(Cl)c3Cl)n2)c(F)c1F. The summed E-state index contributed by atoms with van der Waals surface area (Å²) >= 11 is 12.0. The maximum Gasteiger partial charge on any atom is 0.249 e. The van der Waals surface area contributed by atoms with E-state index >= 15 is 0 Å². The number of anilines is 4. The Labute approximate surface area is 149 Å². The third-order valence-corrected chi connectivity index (χ3v) is 3.87. The molecule has 3 rings (SSSR count). The minimum absolute atomic E-state index is 0.0390. The van der Waals surface area contributed by atoms with E-state index in [4.69, 9.17) is 23.2 Å². The van der Waals surface area contributed by atoms with Crippen molar-refractivity contribution in [3.63, 3.8) is 0 Å². The van der Waals surface area contributed by atoms with E-state index in [9.17, 15) is 13.2 Å². The van der Waals surface area contributed by atoms with Crippen molar-refractivity contribution in [1.29, 1.82) is 0 Å². The van der Waals surface area contributed by atoms with Gasteiger partial charge in [0.1, 0.15) is 0 Å². The highest BCUT2D eigenvalue weighted by molar-refractivity contribution is 6.43. The summed E-state index contributed by atoms with van der Waals surface area (Å²) in [5, 5.41) is 13.4. The monoisotopic (exact) mass is 385 g/mol. The summed E-state index contributed by atoms with van der Waals surface area (Å²) in [7, 11) is 0. The zero-order chi connectivity index (χ0) is 18.0. The fraction of sp³-hybridized carbons (Fsp3) is 0. The molecule has 128 valence electrons. The summed E-state index contributed by atoms with van der Waals surface area (Å²) < 4.78 is 39.9. The maximum atomic E-state index is 13.7. The summed E-state index contributed by atoms with van der Waals surface area (Å²) in [6.45, 7) is 0. The Morgan fingerprint density at radius 2 is 1.68 bits per heavy atom. The van der Waals surface area contributed by atoms with Crippen LogP contribution in [0.15, 0.2) is 36.5 Å². The van der Waals surface area contributed by atoms with Gasteiger partial charge in [-0.2, -0.15) is 10.1 Å². The van der Waals surface area contributed by atoms with Crippen LogP contribution in [0.25, 0.3) is 0 Å². The second kappa shape index (κ2) is 7.12. The Morgan fingerprint density at radius 1 is 0.880 bits per heavy atom. The van der Waals surface area contributed by atoms with E-state index in [-0.39, 0.29) is 22.5 Å². The van der Waals surface area contributed by atoms with Gasteiger partial charge in [-0.1, -0.05) is 29.3 Å². The van der Waals surface area contributed by atoms with E-state index in [1.54, 1.807) is 18.2 Å². The van der Waals surface area contributed by atoms with Crippen LogP contribution in [0.2, 0.25) is 10.0 Å². The van der Waals surface area contributed by atoms with Crippen LogP contribution in [0.1, 0.15) is 0 Å². The molecule has 0 saturated heterocycles. The molecule has 2 N–H and O–H groups in total. The van der Waals surface area contributed by atoms with Crippen molar-refractivity contribution in [2.75, 3.05) is 10.6 Å². The van der Waals surface area contributed by atoms with E-state index in [2.05, 4.69) is 25.8 Å². The van der Waals surface area contributed by atoms with Crippen molar-refractivity contribution in [2.24, 2.45) is 0 Å². The molecule has 3 aromatic rings. The normalized spacial score (nSPS) is 10.6. The molecule has 2 aromatic carbocycles. The number of rotatable bonds is 4. The summed E-state index contributed by atoms with van der Waals surface area (Å²) in [4.78, 5) is 4.05. The molecule has 0 saturated carbocycles. The lowest BCUT2D eigenvalue weighted by molar-refractivity contribution is 0.449. The Bertz CT molecular complexity index is 939. The number of nitrogens with one attached hydrogen (secondary N) is 2. The molecule has 0 bridgehead atoms. The van der Waals surface area contributed by atoms with Crippen molar-refractivity contribution < 1.29 is 13.2 Å². The Morgan fingerprint density at radius 3 is 2.48 bits per heavy atom. The largest absolute Gasteiger partial charge is 0.336 e. The van der Waals surface area contributed by atoms with Gasteiger partial charge in [0.2, 0.25) is 5.95 Å². The van der Waals surface area contributed by atoms with Gasteiger partial charge in [-0.3, -0.25) is 0 Å². The molecule has 25 heavy (non-hydrogen) atoms. The van der Waals surface area contributed by atoms with Crippen LogP contribution in [0.3, 0.4) is 0 Å². The van der Waals surface area contributed by atoms with Crippen LogP contribution >= 0.6 is 23.2 Å². The van der Waals surface area contributed by atoms with Crippen molar-refractivity contribution in [3.05, 3.63) is 64.0 Å². The zero-order valence-electron chi connectivity index (χ0n) is 12.2. The van der Waals surface area contributed by atoms with Gasteiger partial charge in [0.25, 0.3) is 0 Å². The number of aromatic nitrogens is 3. The maximum absolute atomic E-state index is 13.7. The lowest BCUT2D eigenvalue weighted by atomic mass is 10.3. The minimum atomic E-state index is -1.59. The lowest BCUT2D eigenvalue weighted by Gasteiger charge is -2.10. The summed E-state index contributed by atoms with van der Waals surface area (Å²) in [6, 6.07) is 6.75. The fourth-order valence-corrected chi connectivity index (χ4v) is 2.25. The molecule has 0 fully saturated rings. The van der Waals surface area contributed by atoms with Crippen LogP contribution in [0, 0.1) is 17.5 Å². The van der Waals surface area contributed by atoms with E-state index in [0.717, 1.165) is 12.1 Å². The molecule has 1 aromatic heterocycles. The molecular formula is C15H8Cl2F3N5. The van der Waals surface area contributed by atoms with E-state index in [0.29, 0.717) is 10.7 Å². The van der Waals surface area contributed by atoms with Crippen LogP contribution in [0.4, 0.5) is 36.3 Å². The minimum Gasteiger partial charge on any atom is -0.336 e. The van der Waals surface area contributed by atoms with Crippen molar-refractivity contribution in [1.82, 2.24) is 15.2 Å². The molecule has 0 aliphatic heterocycles. The first kappa shape index (κ1) is 17.2. The zero-order valence-corrected chi connectivity index (χ0v) is 13.7. The standard InChI is InChI=1S/C15H8Cl2F3N5/c16-7-2-1-3-9(12(7)17)23-15-24-11(6-21-25-15)22-10-5-4-8(18)13(19)14(10)20/h1-6H,(H2,22,23,24,25). The van der Waals surface area contributed by atoms with Gasteiger partial charge >= 0.3 is 0 Å². The Hall–Kier alpha value is -2.58. The molecule has 0 atom stereocenters. The van der Waals surface area contributed by atoms with Gasteiger partial charge in [-0.25, -0.2) is 13.2 Å². The average molecular weight is 386 g/mol. The smallest absolute Gasteiger partial charge is 0.249 e. The Kier molecular flexibility index (Phi) is 4.91. The molecule has 0 unspecified atom stereocenters. The van der Waals surface area contributed by atoms with E-state index in [1.807, 2.05) is 0 Å². The molecular weight excluding hydrogens is 378 g/mol. The number of nitrogens with zero attached hydrogens (tertiary/aromatic N) is 3. The lowest BCUT2D eigenvalue weighted by Crippen LogP contribution is -2.04. The first-order valence-electron chi connectivity index (χ1n) is 6.77. The van der Waals surface area contributed by atoms with Crippen molar-refractivity contribution in [3.8, 4) is 0 Å². The van der Waals surface area contributed by atoms with Gasteiger partial charge in [0, 0.05) is 0 Å². The molecule has 0 aliphatic carbocycles. The Balaban J connectivity index is 1.85. The quantitative estimate of drug-likeness (QED) is 0.612. The van der Waals surface area contributed by atoms with Gasteiger partial charge in [0.15, 0.2) is 23.3 Å². The fourth-order valence-electron chi connectivity index (χ4n) is 1.90. The third kappa shape index (κ3) is 3.75. The third-order valence-electron chi connectivity index (χ3n) is 3.05. The molecule has 0 radical (unpaired) electrons. The number of hydrogen-bond acceptors (Lipinski definition) is 5. The van der Waals surface area contributed by atoms with E-state index in [1.165, 1.54) is 6.20 Å². The highest BCUT2D eigenvalue weighted by atomic mass is 35.5. The summed E-state index contributed by atoms with van der Waals surface area (Å²) in [5.74, 6) is -4.15. The molecule has 0 amide bonds. The summed E-state index contributed by atoms with van der Waals surface area (Å²) in [5.41, 5.74) is 0.137. The molecule has 1 heterocycles. The van der Waals surface area contributed by atoms with Crippen molar-refractivity contribution in [2.45, 2.75) is 0 Å². The second-order valence-corrected chi connectivity index (χ2v) is 5.52. The highest BCUT2D eigenvalue weighted by Crippen LogP contribution is 2.31. The second-order valence-electron chi connectivity index (χ2n) is 4.74. The average Bonchev–Trinajstić information content (AvgIpc) is 2.60. The molecule has 0 aliphatic rings. The summed E-state index contributed by atoms with van der Waals surface area (Å²) in [6.07, 6.45) is 1.19. The van der Waals surface area contributed by atoms with Crippen LogP contribution in [0.5, 0.6) is 0 Å². The van der Waals surface area contributed by atoms with Gasteiger partial charge < -0.3 is 10.6 Å². The molecule has 0 spiro atoms.